The summed E-state index contributed by atoms with van der Waals surface area (Å²) in [5, 5.41) is 3.53. The molecule has 4 rings (SSSR count). The second kappa shape index (κ2) is 7.97. The third kappa shape index (κ3) is 3.78. The van der Waals surface area contributed by atoms with Crippen LogP contribution in [0.25, 0.3) is 0 Å². The predicted molar refractivity (Wildman–Crippen MR) is 101 cm³/mol. The van der Waals surface area contributed by atoms with Crippen molar-refractivity contribution in [3.8, 4) is 0 Å². The summed E-state index contributed by atoms with van der Waals surface area (Å²) in [6.45, 7) is 5.17. The molecule has 0 aromatic carbocycles. The van der Waals surface area contributed by atoms with Gasteiger partial charge in [0.05, 0.1) is 13.2 Å². The molecule has 138 valence electrons. The first-order chi connectivity index (χ1) is 12.8. The summed E-state index contributed by atoms with van der Waals surface area (Å²) in [5.41, 5.74) is 1.29. The fourth-order valence-corrected chi connectivity index (χ4v) is 3.92. The standard InChI is InChI=1S/C19H26N6O/c1-24-8-5-16(18(24)15-3-2-6-20-13-15)14-22-17-4-7-21-19(23-17)25-9-11-26-12-10-25/h2-4,6-7,13,16,18H,5,8-12,14H2,1H3,(H,21,22,23)/t16-,18-/m0/s1. The minimum absolute atomic E-state index is 0.400. The highest BCUT2D eigenvalue weighted by atomic mass is 16.5. The van der Waals surface area contributed by atoms with Gasteiger partial charge in [0, 0.05) is 44.3 Å². The van der Waals surface area contributed by atoms with E-state index in [1.54, 1.807) is 0 Å². The zero-order valence-corrected chi connectivity index (χ0v) is 15.2. The number of anilines is 2. The largest absolute Gasteiger partial charge is 0.378 e. The SMILES string of the molecule is CN1CC[C@@H](CNc2ccnc(N3CCOCC3)n2)[C@@H]1c1cccnc1. The summed E-state index contributed by atoms with van der Waals surface area (Å²) in [5.74, 6) is 2.21. The molecule has 2 aromatic heterocycles. The van der Waals surface area contributed by atoms with Crippen molar-refractivity contribution in [1.29, 1.82) is 0 Å². The van der Waals surface area contributed by atoms with Gasteiger partial charge in [-0.2, -0.15) is 4.98 Å². The quantitative estimate of drug-likeness (QED) is 0.878. The maximum atomic E-state index is 5.41. The summed E-state index contributed by atoms with van der Waals surface area (Å²) < 4.78 is 5.41. The molecule has 7 heteroatoms. The molecule has 4 heterocycles. The highest BCUT2D eigenvalue weighted by Gasteiger charge is 2.32. The lowest BCUT2D eigenvalue weighted by atomic mass is 9.95. The number of hydrogen-bond acceptors (Lipinski definition) is 7. The van der Waals surface area contributed by atoms with Crippen LogP contribution in [0, 0.1) is 5.92 Å². The van der Waals surface area contributed by atoms with Gasteiger partial charge in [-0.3, -0.25) is 9.88 Å². The van der Waals surface area contributed by atoms with Crippen molar-refractivity contribution < 1.29 is 4.74 Å². The molecule has 2 saturated heterocycles. The Morgan fingerprint density at radius 1 is 1.19 bits per heavy atom. The van der Waals surface area contributed by atoms with Gasteiger partial charge in [0.15, 0.2) is 0 Å². The molecular weight excluding hydrogens is 328 g/mol. The first kappa shape index (κ1) is 17.2. The molecule has 1 N–H and O–H groups in total. The highest BCUT2D eigenvalue weighted by molar-refractivity contribution is 5.41. The molecule has 0 bridgehead atoms. The maximum Gasteiger partial charge on any atom is 0.227 e. The molecule has 2 aliphatic rings. The summed E-state index contributed by atoms with van der Waals surface area (Å²) in [6, 6.07) is 6.54. The molecule has 7 nitrogen and oxygen atoms in total. The van der Waals surface area contributed by atoms with Crippen LogP contribution in [0.1, 0.15) is 18.0 Å². The van der Waals surface area contributed by atoms with Crippen LogP contribution in [0.2, 0.25) is 0 Å². The Morgan fingerprint density at radius 2 is 2.08 bits per heavy atom. The van der Waals surface area contributed by atoms with Gasteiger partial charge in [-0.05, 0) is 43.6 Å². The van der Waals surface area contributed by atoms with Gasteiger partial charge in [-0.15, -0.1) is 0 Å². The molecule has 0 spiro atoms. The number of morpholine rings is 1. The minimum Gasteiger partial charge on any atom is -0.378 e. The topological polar surface area (TPSA) is 66.4 Å². The smallest absolute Gasteiger partial charge is 0.227 e. The fourth-order valence-electron chi connectivity index (χ4n) is 3.92. The Kier molecular flexibility index (Phi) is 5.26. The van der Waals surface area contributed by atoms with Crippen molar-refractivity contribution in [3.63, 3.8) is 0 Å². The van der Waals surface area contributed by atoms with Crippen molar-refractivity contribution in [2.75, 3.05) is 56.7 Å². The summed E-state index contributed by atoms with van der Waals surface area (Å²) >= 11 is 0. The number of aromatic nitrogens is 3. The van der Waals surface area contributed by atoms with Gasteiger partial charge in [-0.25, -0.2) is 4.98 Å². The molecule has 0 amide bonds. The van der Waals surface area contributed by atoms with Crippen LogP contribution in [0.5, 0.6) is 0 Å². The normalized spacial score (nSPS) is 24.0. The van der Waals surface area contributed by atoms with Crippen LogP contribution in [-0.4, -0.2) is 66.3 Å². The maximum absolute atomic E-state index is 5.41. The van der Waals surface area contributed by atoms with Crippen molar-refractivity contribution in [2.45, 2.75) is 12.5 Å². The lowest BCUT2D eigenvalue weighted by molar-refractivity contribution is 0.122. The molecule has 2 atom stereocenters. The molecule has 2 fully saturated rings. The Balaban J connectivity index is 1.42. The molecule has 0 aliphatic carbocycles. The van der Waals surface area contributed by atoms with Crippen LogP contribution in [0.15, 0.2) is 36.8 Å². The van der Waals surface area contributed by atoms with Crippen LogP contribution >= 0.6 is 0 Å². The Morgan fingerprint density at radius 3 is 2.88 bits per heavy atom. The van der Waals surface area contributed by atoms with Crippen LogP contribution in [-0.2, 0) is 4.74 Å². The summed E-state index contributed by atoms with van der Waals surface area (Å²) in [4.78, 5) is 18.0. The first-order valence-corrected chi connectivity index (χ1v) is 9.31. The number of ether oxygens (including phenoxy) is 1. The van der Waals surface area contributed by atoms with Gasteiger partial charge in [-0.1, -0.05) is 6.07 Å². The van der Waals surface area contributed by atoms with Gasteiger partial charge in [0.25, 0.3) is 0 Å². The lowest BCUT2D eigenvalue weighted by Gasteiger charge is -2.27. The second-order valence-electron chi connectivity index (χ2n) is 6.98. The molecule has 26 heavy (non-hydrogen) atoms. The Hall–Kier alpha value is -2.25. The molecule has 2 aliphatic heterocycles. The highest BCUT2D eigenvalue weighted by Crippen LogP contribution is 2.35. The zero-order valence-electron chi connectivity index (χ0n) is 15.2. The van der Waals surface area contributed by atoms with Crippen molar-refractivity contribution >= 4 is 11.8 Å². The first-order valence-electron chi connectivity index (χ1n) is 9.31. The minimum atomic E-state index is 0.400. The van der Waals surface area contributed by atoms with Gasteiger partial charge >= 0.3 is 0 Å². The molecular formula is C19H26N6O. The molecule has 0 unspecified atom stereocenters. The molecule has 0 saturated carbocycles. The molecule has 2 aromatic rings. The number of nitrogens with one attached hydrogen (secondary N) is 1. The zero-order chi connectivity index (χ0) is 17.8. The summed E-state index contributed by atoms with van der Waals surface area (Å²) in [7, 11) is 2.19. The van der Waals surface area contributed by atoms with E-state index in [-0.39, 0.29) is 0 Å². The van der Waals surface area contributed by atoms with Gasteiger partial charge < -0.3 is 15.0 Å². The van der Waals surface area contributed by atoms with E-state index in [1.165, 1.54) is 12.0 Å². The third-order valence-corrected chi connectivity index (χ3v) is 5.28. The van der Waals surface area contributed by atoms with E-state index in [0.717, 1.165) is 51.2 Å². The van der Waals surface area contributed by atoms with Crippen LogP contribution in [0.3, 0.4) is 0 Å². The van der Waals surface area contributed by atoms with E-state index in [0.29, 0.717) is 12.0 Å². The van der Waals surface area contributed by atoms with Gasteiger partial charge in [0.2, 0.25) is 5.95 Å². The van der Waals surface area contributed by atoms with Crippen molar-refractivity contribution in [1.82, 2.24) is 19.9 Å². The Bertz CT molecular complexity index is 706. The van der Waals surface area contributed by atoms with Crippen LogP contribution in [0.4, 0.5) is 11.8 Å². The average molecular weight is 354 g/mol. The fraction of sp³-hybridized carbons (Fsp3) is 0.526. The monoisotopic (exact) mass is 354 g/mol. The van der Waals surface area contributed by atoms with E-state index in [4.69, 9.17) is 9.72 Å². The predicted octanol–water partition coefficient (Wildman–Crippen LogP) is 1.81. The average Bonchev–Trinajstić information content (AvgIpc) is 3.08. The molecule has 0 radical (unpaired) electrons. The number of rotatable bonds is 5. The Labute approximate surface area is 154 Å². The van der Waals surface area contributed by atoms with E-state index in [2.05, 4.69) is 38.2 Å². The van der Waals surface area contributed by atoms with Crippen molar-refractivity contribution in [2.24, 2.45) is 5.92 Å². The number of likely N-dealkylation sites (tertiary alicyclic amines) is 1. The van der Waals surface area contributed by atoms with E-state index in [1.807, 2.05) is 30.7 Å². The third-order valence-electron chi connectivity index (χ3n) is 5.28. The number of hydrogen-bond donors (Lipinski definition) is 1. The second-order valence-corrected chi connectivity index (χ2v) is 6.98. The van der Waals surface area contributed by atoms with E-state index < -0.39 is 0 Å². The van der Waals surface area contributed by atoms with E-state index >= 15 is 0 Å². The lowest BCUT2D eigenvalue weighted by Crippen LogP contribution is -2.37. The summed E-state index contributed by atoms with van der Waals surface area (Å²) in [6.07, 6.45) is 6.82. The van der Waals surface area contributed by atoms with Gasteiger partial charge in [0.1, 0.15) is 5.82 Å². The number of pyridine rings is 1. The van der Waals surface area contributed by atoms with Crippen molar-refractivity contribution in [3.05, 3.63) is 42.4 Å². The number of nitrogens with zero attached hydrogens (tertiary/aromatic N) is 5. The van der Waals surface area contributed by atoms with E-state index in [9.17, 15) is 0 Å². The van der Waals surface area contributed by atoms with Crippen LogP contribution < -0.4 is 10.2 Å².